The maximum absolute atomic E-state index is 4.82. The van der Waals surface area contributed by atoms with Crippen LogP contribution in [-0.4, -0.2) is 13.4 Å². The average Bonchev–Trinajstić information content (AvgIpc) is 2.15. The summed E-state index contributed by atoms with van der Waals surface area (Å²) >= 11 is 5.24. The Hall–Kier alpha value is -0.0300. The van der Waals surface area contributed by atoms with Gasteiger partial charge >= 0.3 is 0 Å². The van der Waals surface area contributed by atoms with Crippen molar-refractivity contribution in [1.29, 1.82) is 0 Å². The second kappa shape index (κ2) is 5.65. The van der Waals surface area contributed by atoms with Crippen LogP contribution in [0, 0.1) is 0 Å². The molecule has 0 saturated heterocycles. The number of nitrogens with one attached hydrogen (secondary N) is 1. The predicted molar refractivity (Wildman–Crippen MR) is 59.8 cm³/mol. The van der Waals surface area contributed by atoms with Crippen LogP contribution >= 0.6 is 27.7 Å². The van der Waals surface area contributed by atoms with Crippen LogP contribution in [0.25, 0.3) is 0 Å². The summed E-state index contributed by atoms with van der Waals surface area (Å²) < 4.78 is 1.11. The van der Waals surface area contributed by atoms with E-state index in [2.05, 4.69) is 33.7 Å². The summed E-state index contributed by atoms with van der Waals surface area (Å²) in [6.07, 6.45) is 2.07. The summed E-state index contributed by atoms with van der Waals surface area (Å²) in [6.45, 7) is 0.716. The van der Waals surface area contributed by atoms with Gasteiger partial charge in [0.05, 0.1) is 7.11 Å². The number of hydrogen-bond donors (Lipinski definition) is 1. The highest BCUT2D eigenvalue weighted by molar-refractivity contribution is 9.10. The fraction of sp³-hybridized carbons (Fsp3) is 0.333. The van der Waals surface area contributed by atoms with Crippen molar-refractivity contribution in [2.24, 2.45) is 0 Å². The molecule has 0 aromatic heterocycles. The minimum atomic E-state index is 0.716. The molecule has 72 valence electrons. The molecule has 0 bridgehead atoms. The normalized spacial score (nSPS) is 10.4. The van der Waals surface area contributed by atoms with Crippen molar-refractivity contribution < 1.29 is 4.84 Å². The van der Waals surface area contributed by atoms with E-state index < -0.39 is 0 Å². The molecule has 0 spiro atoms. The highest BCUT2D eigenvalue weighted by Gasteiger charge is 2.04. The number of halogens is 1. The minimum absolute atomic E-state index is 0.716. The zero-order valence-corrected chi connectivity index (χ0v) is 10.0. The van der Waals surface area contributed by atoms with Gasteiger partial charge in [-0.1, -0.05) is 22.0 Å². The van der Waals surface area contributed by atoms with Gasteiger partial charge in [-0.25, -0.2) is 0 Å². The van der Waals surface area contributed by atoms with Crippen LogP contribution in [0.5, 0.6) is 0 Å². The Bertz CT molecular complexity index is 280. The predicted octanol–water partition coefficient (Wildman–Crippen LogP) is 2.82. The van der Waals surface area contributed by atoms with Gasteiger partial charge in [-0.3, -0.25) is 0 Å². The van der Waals surface area contributed by atoms with Crippen molar-refractivity contribution in [3.63, 3.8) is 0 Å². The molecular formula is C9H12BrNOS. The standard InChI is InChI=1S/C9H12BrNOS/c1-12-11-6-7-8(10)4-3-5-9(7)13-2/h3-5,11H,6H2,1-2H3. The molecule has 1 rings (SSSR count). The van der Waals surface area contributed by atoms with Crippen molar-refractivity contribution in [3.05, 3.63) is 28.2 Å². The molecule has 0 atom stereocenters. The average molecular weight is 262 g/mol. The molecule has 13 heavy (non-hydrogen) atoms. The Morgan fingerprint density at radius 2 is 2.31 bits per heavy atom. The van der Waals surface area contributed by atoms with Crippen LogP contribution in [0.15, 0.2) is 27.6 Å². The van der Waals surface area contributed by atoms with E-state index in [-0.39, 0.29) is 0 Å². The molecule has 1 aromatic rings. The van der Waals surface area contributed by atoms with E-state index in [0.717, 1.165) is 4.47 Å². The summed E-state index contributed by atoms with van der Waals surface area (Å²) in [5.41, 5.74) is 4.07. The molecule has 0 aliphatic heterocycles. The molecule has 0 aliphatic rings. The Labute approximate surface area is 91.1 Å². The highest BCUT2D eigenvalue weighted by Crippen LogP contribution is 2.26. The Morgan fingerprint density at radius 3 is 2.92 bits per heavy atom. The number of rotatable bonds is 4. The van der Waals surface area contributed by atoms with Gasteiger partial charge in [0.1, 0.15) is 0 Å². The van der Waals surface area contributed by atoms with Crippen LogP contribution in [-0.2, 0) is 11.4 Å². The Balaban J connectivity index is 2.87. The lowest BCUT2D eigenvalue weighted by Crippen LogP contribution is -2.11. The molecule has 0 radical (unpaired) electrons. The second-order valence-electron chi connectivity index (χ2n) is 2.45. The summed E-state index contributed by atoms with van der Waals surface area (Å²) in [4.78, 5) is 6.08. The lowest BCUT2D eigenvalue weighted by Gasteiger charge is -2.09. The highest BCUT2D eigenvalue weighted by atomic mass is 79.9. The molecule has 0 heterocycles. The summed E-state index contributed by atoms with van der Waals surface area (Å²) in [5.74, 6) is 0. The second-order valence-corrected chi connectivity index (χ2v) is 4.15. The molecule has 0 saturated carbocycles. The van der Waals surface area contributed by atoms with E-state index in [1.807, 2.05) is 12.1 Å². The van der Waals surface area contributed by atoms with E-state index in [1.165, 1.54) is 10.5 Å². The van der Waals surface area contributed by atoms with Crippen molar-refractivity contribution in [2.45, 2.75) is 11.4 Å². The number of hydroxylamine groups is 1. The van der Waals surface area contributed by atoms with E-state index in [0.29, 0.717) is 6.54 Å². The molecular weight excluding hydrogens is 250 g/mol. The third kappa shape index (κ3) is 2.98. The Kier molecular flexibility index (Phi) is 4.80. The van der Waals surface area contributed by atoms with Gasteiger partial charge in [-0.05, 0) is 24.0 Å². The van der Waals surface area contributed by atoms with Crippen molar-refractivity contribution in [3.8, 4) is 0 Å². The fourth-order valence-corrected chi connectivity index (χ4v) is 2.33. The van der Waals surface area contributed by atoms with Gasteiger partial charge in [-0.2, -0.15) is 5.48 Å². The van der Waals surface area contributed by atoms with E-state index in [9.17, 15) is 0 Å². The van der Waals surface area contributed by atoms with Crippen LogP contribution in [0.4, 0.5) is 0 Å². The first-order valence-electron chi connectivity index (χ1n) is 3.86. The van der Waals surface area contributed by atoms with Crippen molar-refractivity contribution >= 4 is 27.7 Å². The molecule has 0 aliphatic carbocycles. The topological polar surface area (TPSA) is 21.3 Å². The van der Waals surface area contributed by atoms with Crippen LogP contribution < -0.4 is 5.48 Å². The van der Waals surface area contributed by atoms with Gasteiger partial charge < -0.3 is 4.84 Å². The van der Waals surface area contributed by atoms with Gasteiger partial charge in [0, 0.05) is 15.9 Å². The number of thioether (sulfide) groups is 1. The van der Waals surface area contributed by atoms with Crippen LogP contribution in [0.2, 0.25) is 0 Å². The Morgan fingerprint density at radius 1 is 1.54 bits per heavy atom. The third-order valence-electron chi connectivity index (χ3n) is 1.69. The van der Waals surface area contributed by atoms with Gasteiger partial charge in [0.2, 0.25) is 0 Å². The van der Waals surface area contributed by atoms with Crippen LogP contribution in [0.3, 0.4) is 0 Å². The van der Waals surface area contributed by atoms with Gasteiger partial charge in [0.15, 0.2) is 0 Å². The zero-order valence-electron chi connectivity index (χ0n) is 7.63. The minimum Gasteiger partial charge on any atom is -0.305 e. The molecule has 2 nitrogen and oxygen atoms in total. The first-order valence-corrected chi connectivity index (χ1v) is 5.88. The summed E-state index contributed by atoms with van der Waals surface area (Å²) in [5, 5.41) is 0. The largest absolute Gasteiger partial charge is 0.305 e. The SMILES string of the molecule is CONCc1c(Br)cccc1SC. The number of hydrogen-bond acceptors (Lipinski definition) is 3. The number of benzene rings is 1. The molecule has 1 N–H and O–H groups in total. The van der Waals surface area contributed by atoms with Crippen molar-refractivity contribution in [1.82, 2.24) is 5.48 Å². The molecule has 0 unspecified atom stereocenters. The molecule has 0 fully saturated rings. The van der Waals surface area contributed by atoms with E-state index in [4.69, 9.17) is 4.84 Å². The van der Waals surface area contributed by atoms with Crippen molar-refractivity contribution in [2.75, 3.05) is 13.4 Å². The fourth-order valence-electron chi connectivity index (χ4n) is 1.05. The maximum atomic E-state index is 4.82. The smallest absolute Gasteiger partial charge is 0.0572 e. The molecule has 0 amide bonds. The van der Waals surface area contributed by atoms with Gasteiger partial charge in [-0.15, -0.1) is 11.8 Å². The summed E-state index contributed by atoms with van der Waals surface area (Å²) in [6, 6.07) is 6.17. The lowest BCUT2D eigenvalue weighted by atomic mass is 10.2. The molecule has 4 heteroatoms. The third-order valence-corrected chi connectivity index (χ3v) is 3.25. The molecule has 1 aromatic carbocycles. The maximum Gasteiger partial charge on any atom is 0.0572 e. The zero-order chi connectivity index (χ0) is 9.68. The van der Waals surface area contributed by atoms with E-state index >= 15 is 0 Å². The first kappa shape index (κ1) is 11.0. The first-order chi connectivity index (χ1) is 6.29. The summed E-state index contributed by atoms with van der Waals surface area (Å²) in [7, 11) is 1.62. The monoisotopic (exact) mass is 261 g/mol. The van der Waals surface area contributed by atoms with Gasteiger partial charge in [0.25, 0.3) is 0 Å². The van der Waals surface area contributed by atoms with Crippen LogP contribution in [0.1, 0.15) is 5.56 Å². The quantitative estimate of drug-likeness (QED) is 0.666. The lowest BCUT2D eigenvalue weighted by molar-refractivity contribution is 0.0860. The van der Waals surface area contributed by atoms with E-state index in [1.54, 1.807) is 18.9 Å².